The van der Waals surface area contributed by atoms with E-state index >= 15 is 0 Å². The molecule has 0 aliphatic heterocycles. The van der Waals surface area contributed by atoms with Crippen LogP contribution in [0.5, 0.6) is 5.75 Å². The molecule has 0 aliphatic carbocycles. The van der Waals surface area contributed by atoms with E-state index in [1.165, 1.54) is 0 Å². The van der Waals surface area contributed by atoms with Crippen LogP contribution in [0.25, 0.3) is 10.2 Å². The number of aromatic hydroxyl groups is 1. The van der Waals surface area contributed by atoms with Crippen LogP contribution < -0.4 is 0 Å². The Labute approximate surface area is 81.0 Å². The molecule has 0 amide bonds. The first kappa shape index (κ1) is 7.30. The van der Waals surface area contributed by atoms with Crippen LogP contribution in [-0.2, 0) is 0 Å². The molecule has 0 spiro atoms. The Balaban J connectivity index is 2.82. The molecule has 0 saturated heterocycles. The van der Waals surface area contributed by atoms with Crippen molar-refractivity contribution >= 4 is 44.1 Å². The number of nitrogens with zero attached hydrogens (tertiary/aromatic N) is 1. The fourth-order valence-electron chi connectivity index (χ4n) is 0.885. The molecule has 0 aliphatic rings. The molecule has 4 heteroatoms. The normalized spacial score (nSPS) is 10.6. The van der Waals surface area contributed by atoms with Gasteiger partial charge < -0.3 is 5.11 Å². The number of thiazole rings is 1. The maximum atomic E-state index is 9.12. The second kappa shape index (κ2) is 2.60. The van der Waals surface area contributed by atoms with Gasteiger partial charge in [-0.25, -0.2) is 4.98 Å². The number of hydrogen-bond donors (Lipinski definition) is 1. The minimum atomic E-state index is 0.303. The van der Waals surface area contributed by atoms with Gasteiger partial charge in [0.2, 0.25) is 0 Å². The van der Waals surface area contributed by atoms with Gasteiger partial charge in [-0.3, -0.25) is 0 Å². The number of fused-ring (bicyclic) bond motifs is 1. The third-order valence-corrected chi connectivity index (χ3v) is 3.05. The van der Waals surface area contributed by atoms with Crippen LogP contribution in [0.4, 0.5) is 0 Å². The Bertz CT molecular complexity index is 398. The Kier molecular flexibility index (Phi) is 1.72. The van der Waals surface area contributed by atoms with Crippen molar-refractivity contribution in [1.82, 2.24) is 4.98 Å². The van der Waals surface area contributed by atoms with Crippen molar-refractivity contribution in [3.05, 3.63) is 21.2 Å². The highest BCUT2D eigenvalue weighted by Crippen LogP contribution is 2.26. The summed E-state index contributed by atoms with van der Waals surface area (Å²) in [6.07, 6.45) is 0. The van der Waals surface area contributed by atoms with E-state index in [0.717, 1.165) is 13.2 Å². The summed E-state index contributed by atoms with van der Waals surface area (Å²) >= 11 is 3.75. The number of halogens is 1. The summed E-state index contributed by atoms with van der Waals surface area (Å²) in [5.74, 6) is 0.303. The predicted molar refractivity (Wildman–Crippen MR) is 54.0 cm³/mol. The molecule has 0 saturated carbocycles. The van der Waals surface area contributed by atoms with Crippen LogP contribution in [-0.4, -0.2) is 10.1 Å². The lowest BCUT2D eigenvalue weighted by Crippen LogP contribution is -1.66. The quantitative estimate of drug-likeness (QED) is 0.751. The minimum absolute atomic E-state index is 0.303. The number of phenols is 1. The lowest BCUT2D eigenvalue weighted by molar-refractivity contribution is 0.476. The van der Waals surface area contributed by atoms with E-state index in [4.69, 9.17) is 5.11 Å². The molecular weight excluding hydrogens is 273 g/mol. The Hall–Kier alpha value is -0.360. The van der Waals surface area contributed by atoms with E-state index in [1.807, 2.05) is 6.07 Å². The molecular formula is C7H4INOS. The van der Waals surface area contributed by atoms with Crippen molar-refractivity contribution in [2.75, 3.05) is 0 Å². The van der Waals surface area contributed by atoms with Crippen LogP contribution in [0.1, 0.15) is 0 Å². The maximum Gasteiger partial charge on any atom is 0.155 e. The van der Waals surface area contributed by atoms with E-state index in [-0.39, 0.29) is 0 Å². The maximum absolute atomic E-state index is 9.12. The van der Waals surface area contributed by atoms with Gasteiger partial charge in [0.1, 0.15) is 5.75 Å². The summed E-state index contributed by atoms with van der Waals surface area (Å²) in [6, 6.07) is 5.20. The second-order valence-electron chi connectivity index (χ2n) is 2.12. The molecule has 0 unspecified atom stereocenters. The molecule has 0 radical (unpaired) electrons. The van der Waals surface area contributed by atoms with E-state index in [0.29, 0.717) is 5.75 Å². The van der Waals surface area contributed by atoms with Crippen LogP contribution in [0.3, 0.4) is 0 Å². The molecule has 1 aromatic carbocycles. The SMILES string of the molecule is Oc1ccc2nc(I)sc2c1. The number of aromatic nitrogens is 1. The summed E-state index contributed by atoms with van der Waals surface area (Å²) in [5, 5.41) is 9.12. The fraction of sp³-hybridized carbons (Fsp3) is 0. The first-order chi connectivity index (χ1) is 5.25. The average molecular weight is 277 g/mol. The molecule has 11 heavy (non-hydrogen) atoms. The number of phenolic OH excluding ortho intramolecular Hbond substituents is 1. The predicted octanol–water partition coefficient (Wildman–Crippen LogP) is 2.61. The molecule has 56 valence electrons. The largest absolute Gasteiger partial charge is 0.508 e. The highest BCUT2D eigenvalue weighted by atomic mass is 127. The standard InChI is InChI=1S/C7H4INOS/c8-7-9-5-2-1-4(10)3-6(5)11-7/h1-3,10H. The van der Waals surface area contributed by atoms with Crippen molar-refractivity contribution in [2.24, 2.45) is 0 Å². The van der Waals surface area contributed by atoms with Gasteiger partial charge in [0.15, 0.2) is 3.01 Å². The van der Waals surface area contributed by atoms with Gasteiger partial charge in [-0.05, 0) is 40.8 Å². The molecule has 0 bridgehead atoms. The summed E-state index contributed by atoms with van der Waals surface area (Å²) in [4.78, 5) is 4.25. The first-order valence-corrected chi connectivity index (χ1v) is 4.90. The zero-order valence-corrected chi connectivity index (χ0v) is 8.39. The Morgan fingerprint density at radius 3 is 3.09 bits per heavy atom. The molecule has 2 rings (SSSR count). The van der Waals surface area contributed by atoms with Crippen LogP contribution >= 0.6 is 33.9 Å². The second-order valence-corrected chi connectivity index (χ2v) is 4.90. The third kappa shape index (κ3) is 1.32. The number of benzene rings is 1. The van der Waals surface area contributed by atoms with Gasteiger partial charge in [-0.2, -0.15) is 0 Å². The topological polar surface area (TPSA) is 33.1 Å². The molecule has 2 nitrogen and oxygen atoms in total. The van der Waals surface area contributed by atoms with Crippen molar-refractivity contribution in [3.63, 3.8) is 0 Å². The van der Waals surface area contributed by atoms with Crippen molar-refractivity contribution in [1.29, 1.82) is 0 Å². The highest BCUT2D eigenvalue weighted by Gasteiger charge is 2.00. The first-order valence-electron chi connectivity index (χ1n) is 3.01. The van der Waals surface area contributed by atoms with Gasteiger partial charge in [0.25, 0.3) is 0 Å². The number of hydrogen-bond acceptors (Lipinski definition) is 3. The zero-order valence-electron chi connectivity index (χ0n) is 5.41. The van der Waals surface area contributed by atoms with Gasteiger partial charge in [0, 0.05) is 0 Å². The van der Waals surface area contributed by atoms with Gasteiger partial charge in [0.05, 0.1) is 10.2 Å². The third-order valence-electron chi connectivity index (χ3n) is 1.35. The smallest absolute Gasteiger partial charge is 0.155 e. The van der Waals surface area contributed by atoms with Crippen LogP contribution in [0.15, 0.2) is 18.2 Å². The fourth-order valence-corrected chi connectivity index (χ4v) is 2.58. The van der Waals surface area contributed by atoms with Crippen LogP contribution in [0.2, 0.25) is 0 Å². The van der Waals surface area contributed by atoms with E-state index in [2.05, 4.69) is 27.6 Å². The summed E-state index contributed by atoms with van der Waals surface area (Å²) in [7, 11) is 0. The molecule has 1 heterocycles. The number of rotatable bonds is 0. The summed E-state index contributed by atoms with van der Waals surface area (Å²) in [5.41, 5.74) is 0.956. The van der Waals surface area contributed by atoms with E-state index < -0.39 is 0 Å². The average Bonchev–Trinajstić information content (AvgIpc) is 2.27. The van der Waals surface area contributed by atoms with Crippen LogP contribution in [0, 0.1) is 3.01 Å². The summed E-state index contributed by atoms with van der Waals surface area (Å²) < 4.78 is 2.04. The lowest BCUT2D eigenvalue weighted by Gasteiger charge is -1.87. The molecule has 2 aromatic rings. The molecule has 1 N–H and O–H groups in total. The van der Waals surface area contributed by atoms with Gasteiger partial charge in [-0.1, -0.05) is 0 Å². The van der Waals surface area contributed by atoms with Gasteiger partial charge >= 0.3 is 0 Å². The zero-order chi connectivity index (χ0) is 7.84. The highest BCUT2D eigenvalue weighted by molar-refractivity contribution is 14.1. The van der Waals surface area contributed by atoms with Crippen molar-refractivity contribution in [3.8, 4) is 5.75 Å². The minimum Gasteiger partial charge on any atom is -0.508 e. The Morgan fingerprint density at radius 2 is 2.27 bits per heavy atom. The molecule has 1 aromatic heterocycles. The van der Waals surface area contributed by atoms with E-state index in [1.54, 1.807) is 23.5 Å². The summed E-state index contributed by atoms with van der Waals surface area (Å²) in [6.45, 7) is 0. The van der Waals surface area contributed by atoms with Crippen molar-refractivity contribution < 1.29 is 5.11 Å². The van der Waals surface area contributed by atoms with Gasteiger partial charge in [-0.15, -0.1) is 11.3 Å². The van der Waals surface area contributed by atoms with E-state index in [9.17, 15) is 0 Å². The van der Waals surface area contributed by atoms with Crippen molar-refractivity contribution in [2.45, 2.75) is 0 Å². The Morgan fingerprint density at radius 1 is 1.45 bits per heavy atom. The molecule has 0 atom stereocenters. The lowest BCUT2D eigenvalue weighted by atomic mass is 10.3. The monoisotopic (exact) mass is 277 g/mol. The molecule has 0 fully saturated rings.